The molecule has 0 aromatic carbocycles. The minimum Gasteiger partial charge on any atom is -0.396 e. The Labute approximate surface area is 91.7 Å². The van der Waals surface area contributed by atoms with Gasteiger partial charge >= 0.3 is 0 Å². The van der Waals surface area contributed by atoms with Gasteiger partial charge in [0.1, 0.15) is 0 Å². The molecule has 0 radical (unpaired) electrons. The Morgan fingerprint density at radius 3 is 2.80 bits per heavy atom. The van der Waals surface area contributed by atoms with Gasteiger partial charge in [-0.3, -0.25) is 4.68 Å². The molecular weight excluding hydrogens is 210 g/mol. The summed E-state index contributed by atoms with van der Waals surface area (Å²) < 4.78 is 1.81. The summed E-state index contributed by atoms with van der Waals surface area (Å²) in [5, 5.41) is 4.87. The molecule has 0 aliphatic carbocycles. The van der Waals surface area contributed by atoms with Crippen LogP contribution in [0.5, 0.6) is 0 Å². The first-order chi connectivity index (χ1) is 7.34. The van der Waals surface area contributed by atoms with E-state index >= 15 is 0 Å². The lowest BCUT2D eigenvalue weighted by Crippen LogP contribution is -2.01. The maximum Gasteiger partial charge on any atom is 0.187 e. The summed E-state index contributed by atoms with van der Waals surface area (Å²) >= 11 is 1.60. The van der Waals surface area contributed by atoms with Crippen molar-refractivity contribution in [2.45, 2.75) is 11.7 Å². The number of rotatable bonds is 4. The van der Waals surface area contributed by atoms with E-state index in [2.05, 4.69) is 15.1 Å². The van der Waals surface area contributed by atoms with Crippen LogP contribution in [0.3, 0.4) is 0 Å². The highest BCUT2D eigenvalue weighted by molar-refractivity contribution is 7.99. The highest BCUT2D eigenvalue weighted by atomic mass is 32.2. The monoisotopic (exact) mass is 221 g/mol. The molecule has 0 fully saturated rings. The summed E-state index contributed by atoms with van der Waals surface area (Å²) in [5.74, 6) is 0.880. The van der Waals surface area contributed by atoms with Crippen LogP contribution in [0.15, 0.2) is 36.0 Å². The van der Waals surface area contributed by atoms with Gasteiger partial charge < -0.3 is 5.73 Å². The Bertz CT molecular complexity index is 413. The first-order valence-corrected chi connectivity index (χ1v) is 5.51. The van der Waals surface area contributed by atoms with Gasteiger partial charge in [-0.1, -0.05) is 11.8 Å². The van der Waals surface area contributed by atoms with Crippen molar-refractivity contribution in [1.82, 2.24) is 19.7 Å². The smallest absolute Gasteiger partial charge is 0.187 e. The van der Waals surface area contributed by atoms with Gasteiger partial charge in [-0.05, 0) is 6.07 Å². The molecule has 0 bridgehead atoms. The molecular formula is C9H11N5S. The quantitative estimate of drug-likeness (QED) is 0.617. The number of hydrogen-bond acceptors (Lipinski definition) is 5. The third-order valence-electron chi connectivity index (χ3n) is 1.75. The fraction of sp³-hybridized carbons (Fsp3) is 0.222. The molecule has 0 aliphatic rings. The maximum absolute atomic E-state index is 5.55. The number of aromatic nitrogens is 4. The Balaban J connectivity index is 1.80. The number of thioether (sulfide) groups is 1. The predicted octanol–water partition coefficient (Wildman–Crippen LogP) is 1.05. The van der Waals surface area contributed by atoms with Crippen LogP contribution < -0.4 is 5.73 Å². The van der Waals surface area contributed by atoms with Crippen molar-refractivity contribution in [2.75, 3.05) is 11.5 Å². The van der Waals surface area contributed by atoms with Crippen molar-refractivity contribution in [2.24, 2.45) is 0 Å². The van der Waals surface area contributed by atoms with Gasteiger partial charge in [-0.15, -0.1) is 0 Å². The van der Waals surface area contributed by atoms with Crippen LogP contribution in [0.1, 0.15) is 0 Å². The zero-order chi connectivity index (χ0) is 10.5. The predicted molar refractivity (Wildman–Crippen MR) is 59.4 cm³/mol. The van der Waals surface area contributed by atoms with Crippen LogP contribution in [0.25, 0.3) is 0 Å². The van der Waals surface area contributed by atoms with Crippen molar-refractivity contribution >= 4 is 17.4 Å². The average molecular weight is 221 g/mol. The van der Waals surface area contributed by atoms with E-state index in [4.69, 9.17) is 5.73 Å². The molecule has 6 heteroatoms. The Morgan fingerprint density at radius 2 is 2.13 bits per heavy atom. The zero-order valence-corrected chi connectivity index (χ0v) is 8.89. The van der Waals surface area contributed by atoms with Gasteiger partial charge in [0.25, 0.3) is 0 Å². The molecule has 2 heterocycles. The second-order valence-electron chi connectivity index (χ2n) is 2.92. The lowest BCUT2D eigenvalue weighted by Gasteiger charge is -1.99. The molecule has 0 saturated heterocycles. The molecule has 0 unspecified atom stereocenters. The third-order valence-corrected chi connectivity index (χ3v) is 2.60. The Kier molecular flexibility index (Phi) is 3.18. The van der Waals surface area contributed by atoms with Crippen molar-refractivity contribution in [3.05, 3.63) is 30.9 Å². The molecule has 2 aromatic heterocycles. The molecule has 78 valence electrons. The molecule has 0 saturated carbocycles. The van der Waals surface area contributed by atoms with E-state index in [1.807, 2.05) is 10.9 Å². The van der Waals surface area contributed by atoms with Gasteiger partial charge in [0, 0.05) is 24.3 Å². The molecule has 0 spiro atoms. The first-order valence-electron chi connectivity index (χ1n) is 4.52. The molecule has 5 nitrogen and oxygen atoms in total. The summed E-state index contributed by atoms with van der Waals surface area (Å²) in [5.41, 5.74) is 6.24. The topological polar surface area (TPSA) is 69.6 Å². The number of hydrogen-bond donors (Lipinski definition) is 1. The lowest BCUT2D eigenvalue weighted by atomic mass is 10.6. The van der Waals surface area contributed by atoms with Crippen molar-refractivity contribution in [3.8, 4) is 0 Å². The average Bonchev–Trinajstić information content (AvgIpc) is 2.66. The Morgan fingerprint density at radius 1 is 1.33 bits per heavy atom. The Hall–Kier alpha value is -1.56. The highest BCUT2D eigenvalue weighted by Gasteiger charge is 1.97. The molecule has 2 N–H and O–H groups in total. The van der Waals surface area contributed by atoms with Crippen LogP contribution >= 0.6 is 11.8 Å². The van der Waals surface area contributed by atoms with Crippen LogP contribution in [-0.2, 0) is 6.54 Å². The number of nitrogens with two attached hydrogens (primary N) is 1. The van der Waals surface area contributed by atoms with Crippen LogP contribution in [0, 0.1) is 0 Å². The summed E-state index contributed by atoms with van der Waals surface area (Å²) in [6.45, 7) is 0.806. The minimum atomic E-state index is 0.691. The largest absolute Gasteiger partial charge is 0.396 e. The number of aryl methyl sites for hydroxylation is 1. The summed E-state index contributed by atoms with van der Waals surface area (Å²) in [7, 11) is 0. The van der Waals surface area contributed by atoms with Crippen molar-refractivity contribution in [3.63, 3.8) is 0 Å². The number of nitrogens with zero attached hydrogens (tertiary/aromatic N) is 4. The van der Waals surface area contributed by atoms with Crippen LogP contribution in [0.2, 0.25) is 0 Å². The molecule has 0 amide bonds. The van der Waals surface area contributed by atoms with Gasteiger partial charge in [0.05, 0.1) is 18.4 Å². The van der Waals surface area contributed by atoms with E-state index in [0.717, 1.165) is 17.5 Å². The van der Waals surface area contributed by atoms with Crippen LogP contribution in [0.4, 0.5) is 5.69 Å². The summed E-state index contributed by atoms with van der Waals surface area (Å²) in [6, 6.07) is 1.80. The van der Waals surface area contributed by atoms with Gasteiger partial charge in [-0.25, -0.2) is 9.97 Å². The molecule has 0 atom stereocenters. The summed E-state index contributed by atoms with van der Waals surface area (Å²) in [4.78, 5) is 8.23. The molecule has 0 aliphatic heterocycles. The zero-order valence-electron chi connectivity index (χ0n) is 8.08. The SMILES string of the molecule is Nc1cnn(CCSc2ncccn2)c1. The maximum atomic E-state index is 5.55. The number of anilines is 1. The van der Waals surface area contributed by atoms with Crippen LogP contribution in [-0.4, -0.2) is 25.5 Å². The standard InChI is InChI=1S/C9H11N5S/c10-8-6-13-14(7-8)4-5-15-9-11-2-1-3-12-9/h1-3,6-7H,4-5,10H2. The van der Waals surface area contributed by atoms with Crippen molar-refractivity contribution < 1.29 is 0 Å². The van der Waals surface area contributed by atoms with E-state index in [-0.39, 0.29) is 0 Å². The molecule has 2 rings (SSSR count). The summed E-state index contributed by atoms with van der Waals surface area (Å²) in [6.07, 6.45) is 6.93. The van der Waals surface area contributed by atoms with Gasteiger partial charge in [-0.2, -0.15) is 5.10 Å². The lowest BCUT2D eigenvalue weighted by molar-refractivity contribution is 0.666. The molecule has 2 aromatic rings. The fourth-order valence-corrected chi connectivity index (χ4v) is 1.82. The van der Waals surface area contributed by atoms with Gasteiger partial charge in [0.2, 0.25) is 0 Å². The fourth-order valence-electron chi connectivity index (χ4n) is 1.09. The normalized spacial score (nSPS) is 10.4. The van der Waals surface area contributed by atoms with E-state index in [9.17, 15) is 0 Å². The van der Waals surface area contributed by atoms with E-state index < -0.39 is 0 Å². The van der Waals surface area contributed by atoms with Crippen molar-refractivity contribution in [1.29, 1.82) is 0 Å². The number of nitrogen functional groups attached to an aromatic ring is 1. The minimum absolute atomic E-state index is 0.691. The second kappa shape index (κ2) is 4.79. The van der Waals surface area contributed by atoms with E-state index in [0.29, 0.717) is 5.69 Å². The third kappa shape index (κ3) is 2.95. The highest BCUT2D eigenvalue weighted by Crippen LogP contribution is 2.11. The second-order valence-corrected chi connectivity index (χ2v) is 3.98. The van der Waals surface area contributed by atoms with Gasteiger partial charge in [0.15, 0.2) is 5.16 Å². The van der Waals surface area contributed by atoms with E-state index in [1.54, 1.807) is 36.4 Å². The molecule has 15 heavy (non-hydrogen) atoms. The van der Waals surface area contributed by atoms with E-state index in [1.165, 1.54) is 0 Å². The first kappa shape index (κ1) is 9.97.